The van der Waals surface area contributed by atoms with Crippen LogP contribution in [-0.4, -0.2) is 28.8 Å². The Labute approximate surface area is 165 Å². The second-order valence-electron chi connectivity index (χ2n) is 5.70. The van der Waals surface area contributed by atoms with Crippen molar-refractivity contribution in [3.8, 4) is 5.75 Å². The average molecular weight is 414 g/mol. The lowest BCUT2D eigenvalue weighted by molar-refractivity contribution is -0.121. The monoisotopic (exact) mass is 412 g/mol. The van der Waals surface area contributed by atoms with Crippen LogP contribution in [0, 0.1) is 0 Å². The van der Waals surface area contributed by atoms with Crippen LogP contribution < -0.4 is 15.0 Å². The first-order valence-electron chi connectivity index (χ1n) is 7.84. The fraction of sp³-hybridized carbons (Fsp3) is 0.222. The van der Waals surface area contributed by atoms with E-state index in [4.69, 9.17) is 39.5 Å². The fourth-order valence-electron chi connectivity index (χ4n) is 2.61. The molecule has 0 unspecified atom stereocenters. The summed E-state index contributed by atoms with van der Waals surface area (Å²) in [6.45, 7) is 0.461. The van der Waals surface area contributed by atoms with Gasteiger partial charge in [0.05, 0.1) is 5.69 Å². The molecule has 0 radical (unpaired) electrons. The predicted octanol–water partition coefficient (Wildman–Crippen LogP) is 3.96. The third-order valence-electron chi connectivity index (χ3n) is 3.88. The minimum atomic E-state index is -2.07. The summed E-state index contributed by atoms with van der Waals surface area (Å²) in [5, 5.41) is 2.51. The Hall–Kier alpha value is -1.95. The number of ether oxygens (including phenoxy) is 1. The number of fused-ring (bicyclic) bond motifs is 1. The van der Waals surface area contributed by atoms with Crippen LogP contribution in [0.3, 0.4) is 0 Å². The smallest absolute Gasteiger partial charge is 0.276 e. The summed E-state index contributed by atoms with van der Waals surface area (Å²) >= 11 is 16.7. The van der Waals surface area contributed by atoms with Crippen molar-refractivity contribution in [3.63, 3.8) is 0 Å². The Kier molecular flexibility index (Phi) is 5.61. The standard InChI is InChI=1S/C18H15Cl3N2O3/c19-18(20,21)17(25)22-13-6-7-15-14(10-13)23(16(24)11-26-15)9-8-12-4-2-1-3-5-12/h1-7,10H,8-9,11H2,(H,22,25). The molecule has 1 N–H and O–H groups in total. The quantitative estimate of drug-likeness (QED) is 0.772. The van der Waals surface area contributed by atoms with E-state index in [0.717, 1.165) is 5.56 Å². The second-order valence-corrected chi connectivity index (χ2v) is 7.99. The van der Waals surface area contributed by atoms with Gasteiger partial charge >= 0.3 is 0 Å². The molecule has 2 aromatic rings. The number of carbonyl (C=O) groups excluding carboxylic acids is 2. The lowest BCUT2D eigenvalue weighted by Crippen LogP contribution is -2.40. The number of alkyl halides is 3. The van der Waals surface area contributed by atoms with Crippen LogP contribution in [0.2, 0.25) is 0 Å². The Morgan fingerprint density at radius 3 is 2.58 bits per heavy atom. The van der Waals surface area contributed by atoms with Crippen molar-refractivity contribution in [1.29, 1.82) is 0 Å². The number of halogens is 3. The number of amides is 2. The highest BCUT2D eigenvalue weighted by Crippen LogP contribution is 2.35. The molecule has 5 nitrogen and oxygen atoms in total. The van der Waals surface area contributed by atoms with Gasteiger partial charge in [0.2, 0.25) is 0 Å². The molecule has 0 aliphatic carbocycles. The largest absolute Gasteiger partial charge is 0.482 e. The predicted molar refractivity (Wildman–Crippen MR) is 103 cm³/mol. The zero-order chi connectivity index (χ0) is 18.7. The summed E-state index contributed by atoms with van der Waals surface area (Å²) in [4.78, 5) is 25.8. The second kappa shape index (κ2) is 7.74. The summed E-state index contributed by atoms with van der Waals surface area (Å²) in [7, 11) is 0. The number of hydrogen-bond donors (Lipinski definition) is 1. The van der Waals surface area contributed by atoms with Crippen molar-refractivity contribution >= 4 is 58.0 Å². The molecule has 136 valence electrons. The summed E-state index contributed by atoms with van der Waals surface area (Å²) in [5.41, 5.74) is 2.09. The normalized spacial score (nSPS) is 13.8. The van der Waals surface area contributed by atoms with E-state index in [1.807, 2.05) is 30.3 Å². The van der Waals surface area contributed by atoms with E-state index >= 15 is 0 Å². The molecular formula is C18H15Cl3N2O3. The molecule has 8 heteroatoms. The molecule has 0 fully saturated rings. The van der Waals surface area contributed by atoms with Crippen LogP contribution in [-0.2, 0) is 16.0 Å². The Morgan fingerprint density at radius 1 is 1.15 bits per heavy atom. The number of nitrogens with one attached hydrogen (secondary N) is 1. The first-order valence-corrected chi connectivity index (χ1v) is 8.97. The molecule has 1 aliphatic heterocycles. The van der Waals surface area contributed by atoms with Gasteiger partial charge in [0.15, 0.2) is 6.61 Å². The summed E-state index contributed by atoms with van der Waals surface area (Å²) in [6, 6.07) is 14.8. The highest BCUT2D eigenvalue weighted by Gasteiger charge is 2.31. The zero-order valence-corrected chi connectivity index (χ0v) is 15.8. The maximum Gasteiger partial charge on any atom is 0.276 e. The lowest BCUT2D eigenvalue weighted by Gasteiger charge is -2.30. The van der Waals surface area contributed by atoms with Crippen LogP contribution in [0.4, 0.5) is 11.4 Å². The third kappa shape index (κ3) is 4.41. The average Bonchev–Trinajstić information content (AvgIpc) is 2.61. The molecule has 26 heavy (non-hydrogen) atoms. The van der Waals surface area contributed by atoms with E-state index < -0.39 is 9.70 Å². The molecule has 3 rings (SSSR count). The van der Waals surface area contributed by atoms with Gasteiger partial charge in [-0.15, -0.1) is 0 Å². The van der Waals surface area contributed by atoms with E-state index in [9.17, 15) is 9.59 Å². The maximum absolute atomic E-state index is 12.3. The van der Waals surface area contributed by atoms with Gasteiger partial charge in [0.25, 0.3) is 15.6 Å². The van der Waals surface area contributed by atoms with Crippen molar-refractivity contribution < 1.29 is 14.3 Å². The topological polar surface area (TPSA) is 58.6 Å². The Morgan fingerprint density at radius 2 is 1.88 bits per heavy atom. The molecular weight excluding hydrogens is 399 g/mol. The number of nitrogens with zero attached hydrogens (tertiary/aromatic N) is 1. The number of anilines is 2. The molecule has 0 atom stereocenters. The SMILES string of the molecule is O=C1COc2ccc(NC(=O)C(Cl)(Cl)Cl)cc2N1CCc1ccccc1. The number of carbonyl (C=O) groups is 2. The maximum atomic E-state index is 12.3. The number of hydrogen-bond acceptors (Lipinski definition) is 3. The lowest BCUT2D eigenvalue weighted by atomic mass is 10.1. The van der Waals surface area contributed by atoms with Crippen LogP contribution in [0.15, 0.2) is 48.5 Å². The first kappa shape index (κ1) is 18.8. The van der Waals surface area contributed by atoms with Gasteiger partial charge < -0.3 is 15.0 Å². The minimum Gasteiger partial charge on any atom is -0.482 e. The third-order valence-corrected chi connectivity index (χ3v) is 4.40. The molecule has 1 heterocycles. The van der Waals surface area contributed by atoms with E-state index in [1.54, 1.807) is 23.1 Å². The Bertz CT molecular complexity index is 822. The molecule has 1 aliphatic rings. The Balaban J connectivity index is 1.81. The van der Waals surface area contributed by atoms with Gasteiger partial charge in [-0.25, -0.2) is 0 Å². The summed E-state index contributed by atoms with van der Waals surface area (Å²) in [5.74, 6) is -0.371. The number of rotatable bonds is 4. The van der Waals surface area contributed by atoms with Gasteiger partial charge in [0, 0.05) is 12.2 Å². The molecule has 0 saturated heterocycles. The molecule has 0 bridgehead atoms. The molecule has 0 saturated carbocycles. The van der Waals surface area contributed by atoms with Crippen molar-refractivity contribution in [1.82, 2.24) is 0 Å². The highest BCUT2D eigenvalue weighted by molar-refractivity contribution is 6.76. The fourth-order valence-corrected chi connectivity index (χ4v) is 2.75. The van der Waals surface area contributed by atoms with E-state index in [0.29, 0.717) is 30.1 Å². The van der Waals surface area contributed by atoms with Crippen molar-refractivity contribution in [3.05, 3.63) is 54.1 Å². The van der Waals surface area contributed by atoms with E-state index in [1.165, 1.54) is 0 Å². The summed E-state index contributed by atoms with van der Waals surface area (Å²) in [6.07, 6.45) is 0.691. The van der Waals surface area contributed by atoms with Crippen LogP contribution in [0.1, 0.15) is 5.56 Å². The van der Waals surface area contributed by atoms with Crippen LogP contribution in [0.5, 0.6) is 5.75 Å². The number of benzene rings is 2. The highest BCUT2D eigenvalue weighted by atomic mass is 35.6. The van der Waals surface area contributed by atoms with Crippen LogP contribution in [0.25, 0.3) is 0 Å². The van der Waals surface area contributed by atoms with Gasteiger partial charge in [-0.3, -0.25) is 9.59 Å². The van der Waals surface area contributed by atoms with Gasteiger partial charge in [-0.1, -0.05) is 65.1 Å². The summed E-state index contributed by atoms with van der Waals surface area (Å²) < 4.78 is 3.39. The molecule has 2 amide bonds. The van der Waals surface area contributed by atoms with E-state index in [2.05, 4.69) is 5.32 Å². The zero-order valence-electron chi connectivity index (χ0n) is 13.5. The van der Waals surface area contributed by atoms with Gasteiger partial charge in [0.1, 0.15) is 5.75 Å². The van der Waals surface area contributed by atoms with Gasteiger partial charge in [-0.05, 0) is 30.2 Å². The van der Waals surface area contributed by atoms with Crippen LogP contribution >= 0.6 is 34.8 Å². The van der Waals surface area contributed by atoms with Crippen molar-refractivity contribution in [2.45, 2.75) is 10.2 Å². The van der Waals surface area contributed by atoms with Gasteiger partial charge in [-0.2, -0.15) is 0 Å². The first-order chi connectivity index (χ1) is 12.3. The minimum absolute atomic E-state index is 0.0261. The molecule has 0 spiro atoms. The van der Waals surface area contributed by atoms with E-state index in [-0.39, 0.29) is 12.5 Å². The molecule has 2 aromatic carbocycles. The molecule has 0 aromatic heterocycles. The van der Waals surface area contributed by atoms with Crippen molar-refractivity contribution in [2.24, 2.45) is 0 Å². The van der Waals surface area contributed by atoms with Crippen molar-refractivity contribution in [2.75, 3.05) is 23.4 Å².